The largest absolute Gasteiger partial charge is 0.390 e. The Morgan fingerprint density at radius 1 is 1.17 bits per heavy atom. The van der Waals surface area contributed by atoms with Crippen LogP contribution in [0.4, 0.5) is 0 Å². The van der Waals surface area contributed by atoms with Crippen molar-refractivity contribution in [1.29, 1.82) is 0 Å². The number of terminal acetylenes is 1. The molecule has 3 fully saturated rings. The van der Waals surface area contributed by atoms with Gasteiger partial charge in [0.25, 0.3) is 0 Å². The van der Waals surface area contributed by atoms with Gasteiger partial charge in [-0.3, -0.25) is 0 Å². The van der Waals surface area contributed by atoms with E-state index < -0.39 is 11.2 Å². The molecular weight excluding hydrogens is 368 g/mol. The molecule has 0 unspecified atom stereocenters. The zero-order chi connectivity index (χ0) is 21.9. The van der Waals surface area contributed by atoms with Crippen molar-refractivity contribution in [3.8, 4) is 12.3 Å². The van der Waals surface area contributed by atoms with Gasteiger partial charge in [-0.2, -0.15) is 0 Å². The first-order chi connectivity index (χ1) is 13.9. The lowest BCUT2D eigenvalue weighted by molar-refractivity contribution is -0.0710. The van der Waals surface area contributed by atoms with Crippen molar-refractivity contribution in [3.05, 3.63) is 11.6 Å². The summed E-state index contributed by atoms with van der Waals surface area (Å²) in [6.07, 6.45) is 19.4. The van der Waals surface area contributed by atoms with Crippen molar-refractivity contribution in [2.75, 3.05) is 0 Å². The fourth-order valence-corrected chi connectivity index (χ4v) is 8.56. The number of rotatable bonds is 4. The minimum Gasteiger partial charge on any atom is -0.390 e. The second-order valence-corrected chi connectivity index (χ2v) is 12.6. The SMILES string of the molecule is C#C[C@](C)(O)CC[C@@H](C)[C@H]1CC[C@H]2[C@@H]3CC=C4C[C@@](C)(O)CC[C@]4(C)[C@H]3CC[C@]12C. The lowest BCUT2D eigenvalue weighted by Gasteiger charge is -2.59. The molecule has 0 saturated heterocycles. The zero-order valence-corrected chi connectivity index (χ0v) is 20.0. The van der Waals surface area contributed by atoms with Crippen molar-refractivity contribution in [1.82, 2.24) is 0 Å². The lowest BCUT2D eigenvalue weighted by Crippen LogP contribution is -2.52. The molecule has 2 heteroatoms. The Kier molecular flexibility index (Phi) is 5.52. The summed E-state index contributed by atoms with van der Waals surface area (Å²) in [6, 6.07) is 0. The molecule has 30 heavy (non-hydrogen) atoms. The number of aliphatic hydroxyl groups is 2. The number of fused-ring (bicyclic) bond motifs is 5. The molecule has 4 aliphatic rings. The first-order valence-electron chi connectivity index (χ1n) is 12.5. The van der Waals surface area contributed by atoms with Gasteiger partial charge in [0.15, 0.2) is 0 Å². The van der Waals surface area contributed by atoms with E-state index in [9.17, 15) is 10.2 Å². The third-order valence-corrected chi connectivity index (χ3v) is 10.5. The fourth-order valence-electron chi connectivity index (χ4n) is 8.56. The van der Waals surface area contributed by atoms with Crippen LogP contribution in [0, 0.1) is 52.8 Å². The van der Waals surface area contributed by atoms with Crippen LogP contribution in [0.3, 0.4) is 0 Å². The van der Waals surface area contributed by atoms with Crippen molar-refractivity contribution in [2.24, 2.45) is 40.4 Å². The predicted molar refractivity (Wildman–Crippen MR) is 124 cm³/mol. The normalized spacial score (nSPS) is 48.4. The molecule has 0 aliphatic heterocycles. The average molecular weight is 413 g/mol. The molecule has 0 aromatic rings. The van der Waals surface area contributed by atoms with Gasteiger partial charge in [0.2, 0.25) is 0 Å². The monoisotopic (exact) mass is 412 g/mol. The number of hydrogen-bond acceptors (Lipinski definition) is 2. The van der Waals surface area contributed by atoms with Gasteiger partial charge in [-0.25, -0.2) is 0 Å². The number of allylic oxidation sites excluding steroid dienone is 1. The summed E-state index contributed by atoms with van der Waals surface area (Å²) in [5.74, 6) is 6.36. The maximum Gasteiger partial charge on any atom is 0.122 e. The molecule has 9 atom stereocenters. The highest BCUT2D eigenvalue weighted by atomic mass is 16.3. The standard InChI is InChI=1S/C28H44O2/c1-7-25(3,29)14-12-19(2)22-10-11-23-21-9-8-20-18-26(4,30)16-17-27(20,5)24(21)13-15-28(22,23)6/h1,8,19,21-24,29-30H,9-18H2,2-6H3/t19-,21+,22-,23+,24+,25+,26+,27+,28-/m1/s1. The third kappa shape index (κ3) is 3.59. The molecule has 3 saturated carbocycles. The molecule has 2 nitrogen and oxygen atoms in total. The average Bonchev–Trinajstić information content (AvgIpc) is 3.04. The van der Waals surface area contributed by atoms with E-state index in [1.54, 1.807) is 12.5 Å². The smallest absolute Gasteiger partial charge is 0.122 e. The van der Waals surface area contributed by atoms with E-state index in [2.05, 4.69) is 32.8 Å². The molecular formula is C28H44O2. The Balaban J connectivity index is 1.51. The second kappa shape index (κ2) is 7.38. The molecule has 0 bridgehead atoms. The van der Waals surface area contributed by atoms with Crippen molar-refractivity contribution < 1.29 is 10.2 Å². The summed E-state index contributed by atoms with van der Waals surface area (Å²) in [7, 11) is 0. The molecule has 0 aromatic heterocycles. The van der Waals surface area contributed by atoms with E-state index in [1.807, 2.05) is 6.92 Å². The first-order valence-corrected chi connectivity index (χ1v) is 12.5. The van der Waals surface area contributed by atoms with Crippen LogP contribution < -0.4 is 0 Å². The van der Waals surface area contributed by atoms with Crippen LogP contribution in [-0.4, -0.2) is 21.4 Å². The molecule has 0 spiro atoms. The van der Waals surface area contributed by atoms with Gasteiger partial charge in [0.1, 0.15) is 5.60 Å². The van der Waals surface area contributed by atoms with Gasteiger partial charge in [-0.15, -0.1) is 6.42 Å². The number of hydrogen-bond donors (Lipinski definition) is 2. The summed E-state index contributed by atoms with van der Waals surface area (Å²) in [4.78, 5) is 0. The highest BCUT2D eigenvalue weighted by molar-refractivity contribution is 5.26. The van der Waals surface area contributed by atoms with Crippen LogP contribution in [0.2, 0.25) is 0 Å². The van der Waals surface area contributed by atoms with Gasteiger partial charge in [0, 0.05) is 0 Å². The Labute approximate surface area is 184 Å². The van der Waals surface area contributed by atoms with E-state index in [0.717, 1.165) is 49.4 Å². The second-order valence-electron chi connectivity index (χ2n) is 12.6. The summed E-state index contributed by atoms with van der Waals surface area (Å²) in [6.45, 7) is 11.3. The van der Waals surface area contributed by atoms with Crippen LogP contribution in [0.5, 0.6) is 0 Å². The van der Waals surface area contributed by atoms with Crippen LogP contribution in [-0.2, 0) is 0 Å². The Morgan fingerprint density at radius 3 is 2.60 bits per heavy atom. The summed E-state index contributed by atoms with van der Waals surface area (Å²) < 4.78 is 0. The topological polar surface area (TPSA) is 40.5 Å². The molecule has 0 aromatic carbocycles. The van der Waals surface area contributed by atoms with E-state index in [0.29, 0.717) is 23.2 Å². The van der Waals surface area contributed by atoms with E-state index >= 15 is 0 Å². The maximum atomic E-state index is 10.7. The van der Waals surface area contributed by atoms with E-state index in [1.165, 1.54) is 32.1 Å². The Hall–Kier alpha value is -0.780. The van der Waals surface area contributed by atoms with Gasteiger partial charge in [-0.05, 0) is 118 Å². The Bertz CT molecular complexity index is 740. The van der Waals surface area contributed by atoms with E-state index in [-0.39, 0.29) is 0 Å². The molecule has 4 aliphatic carbocycles. The first kappa shape index (κ1) is 22.4. The molecule has 0 heterocycles. The van der Waals surface area contributed by atoms with Crippen LogP contribution in [0.25, 0.3) is 0 Å². The minimum absolute atomic E-state index is 0.307. The molecule has 168 valence electrons. The Morgan fingerprint density at radius 2 is 1.90 bits per heavy atom. The fraction of sp³-hybridized carbons (Fsp3) is 0.857. The van der Waals surface area contributed by atoms with Crippen LogP contribution in [0.15, 0.2) is 11.6 Å². The van der Waals surface area contributed by atoms with Crippen molar-refractivity contribution in [3.63, 3.8) is 0 Å². The van der Waals surface area contributed by atoms with Crippen molar-refractivity contribution >= 4 is 0 Å². The van der Waals surface area contributed by atoms with Gasteiger partial charge in [-0.1, -0.05) is 38.3 Å². The van der Waals surface area contributed by atoms with E-state index in [4.69, 9.17) is 6.42 Å². The predicted octanol–water partition coefficient (Wildman–Crippen LogP) is 6.12. The van der Waals surface area contributed by atoms with Crippen molar-refractivity contribution in [2.45, 2.75) is 110 Å². The van der Waals surface area contributed by atoms with Crippen LogP contribution in [0.1, 0.15) is 98.8 Å². The molecule has 0 amide bonds. The quantitative estimate of drug-likeness (QED) is 0.431. The molecule has 0 radical (unpaired) electrons. The van der Waals surface area contributed by atoms with Gasteiger partial charge < -0.3 is 10.2 Å². The zero-order valence-electron chi connectivity index (χ0n) is 20.0. The highest BCUT2D eigenvalue weighted by Crippen LogP contribution is 2.67. The highest BCUT2D eigenvalue weighted by Gasteiger charge is 2.59. The van der Waals surface area contributed by atoms with Crippen LogP contribution >= 0.6 is 0 Å². The van der Waals surface area contributed by atoms with Gasteiger partial charge in [0.05, 0.1) is 5.60 Å². The minimum atomic E-state index is -0.966. The summed E-state index contributed by atoms with van der Waals surface area (Å²) in [5, 5.41) is 20.9. The van der Waals surface area contributed by atoms with Gasteiger partial charge >= 0.3 is 0 Å². The molecule has 4 rings (SSSR count). The summed E-state index contributed by atoms with van der Waals surface area (Å²) >= 11 is 0. The lowest BCUT2D eigenvalue weighted by atomic mass is 9.46. The third-order valence-electron chi connectivity index (χ3n) is 10.5. The maximum absolute atomic E-state index is 10.7. The molecule has 2 N–H and O–H groups in total. The summed E-state index contributed by atoms with van der Waals surface area (Å²) in [5.41, 5.74) is 0.829.